The molecule has 0 saturated heterocycles. The summed E-state index contributed by atoms with van der Waals surface area (Å²) in [6.45, 7) is -0.00674. The summed E-state index contributed by atoms with van der Waals surface area (Å²) >= 11 is 5.81. The van der Waals surface area contributed by atoms with E-state index < -0.39 is 0 Å². The summed E-state index contributed by atoms with van der Waals surface area (Å²) < 4.78 is 6.91. The minimum Gasteiger partial charge on any atom is -0.486 e. The van der Waals surface area contributed by atoms with Crippen LogP contribution in [0.15, 0.2) is 30.6 Å². The van der Waals surface area contributed by atoms with Crippen molar-refractivity contribution in [1.29, 1.82) is 0 Å². The van der Waals surface area contributed by atoms with Gasteiger partial charge in [0.15, 0.2) is 5.78 Å². The lowest BCUT2D eigenvalue weighted by Crippen LogP contribution is -2.16. The molecular formula is C12H12ClN3O2. The number of benzene rings is 1. The van der Waals surface area contributed by atoms with E-state index in [9.17, 15) is 4.79 Å². The van der Waals surface area contributed by atoms with Crippen molar-refractivity contribution in [2.45, 2.75) is 6.42 Å². The zero-order valence-corrected chi connectivity index (χ0v) is 10.6. The maximum atomic E-state index is 11.7. The average molecular weight is 266 g/mol. The molecule has 1 aromatic carbocycles. The van der Waals surface area contributed by atoms with Crippen LogP contribution >= 0.6 is 11.6 Å². The summed E-state index contributed by atoms with van der Waals surface area (Å²) in [5.74, 6) is 1.13. The molecule has 2 aromatic rings. The Labute approximate surface area is 109 Å². The highest BCUT2D eigenvalue weighted by Crippen LogP contribution is 2.16. The smallest absolute Gasteiger partial charge is 0.177 e. The second kappa shape index (κ2) is 5.64. The molecule has 0 fully saturated rings. The number of halogens is 1. The molecule has 1 heterocycles. The van der Waals surface area contributed by atoms with Gasteiger partial charge in [-0.3, -0.25) is 9.48 Å². The quantitative estimate of drug-likeness (QED) is 0.825. The Bertz CT molecular complexity index is 554. The van der Waals surface area contributed by atoms with E-state index in [1.165, 1.54) is 6.33 Å². The number of aromatic nitrogens is 3. The van der Waals surface area contributed by atoms with E-state index in [4.69, 9.17) is 16.3 Å². The lowest BCUT2D eigenvalue weighted by Gasteiger charge is -2.05. The fourth-order valence-electron chi connectivity index (χ4n) is 1.43. The summed E-state index contributed by atoms with van der Waals surface area (Å²) in [5.41, 5.74) is 0. The number of carbonyl (C=O) groups excluding carboxylic acids is 1. The third-order valence-corrected chi connectivity index (χ3v) is 2.59. The fourth-order valence-corrected chi connectivity index (χ4v) is 1.61. The molecule has 0 amide bonds. The van der Waals surface area contributed by atoms with Crippen LogP contribution in [-0.4, -0.2) is 27.2 Å². The molecule has 0 N–H and O–H groups in total. The molecule has 0 spiro atoms. The van der Waals surface area contributed by atoms with Crippen molar-refractivity contribution in [2.75, 3.05) is 6.61 Å². The third kappa shape index (κ3) is 3.30. The van der Waals surface area contributed by atoms with Gasteiger partial charge >= 0.3 is 0 Å². The van der Waals surface area contributed by atoms with E-state index in [0.717, 1.165) is 0 Å². The van der Waals surface area contributed by atoms with Gasteiger partial charge in [0, 0.05) is 12.1 Å². The van der Waals surface area contributed by atoms with Gasteiger partial charge in [0.05, 0.1) is 6.42 Å². The van der Waals surface area contributed by atoms with Gasteiger partial charge in [-0.05, 0) is 18.2 Å². The van der Waals surface area contributed by atoms with Gasteiger partial charge in [-0.1, -0.05) is 17.7 Å². The molecule has 0 saturated carbocycles. The maximum Gasteiger partial charge on any atom is 0.177 e. The highest BCUT2D eigenvalue weighted by molar-refractivity contribution is 6.30. The van der Waals surface area contributed by atoms with E-state index in [0.29, 0.717) is 16.6 Å². The van der Waals surface area contributed by atoms with E-state index in [-0.39, 0.29) is 18.8 Å². The topological polar surface area (TPSA) is 57.0 Å². The number of carbonyl (C=O) groups is 1. The lowest BCUT2D eigenvalue weighted by atomic mass is 10.3. The first-order valence-electron chi connectivity index (χ1n) is 5.38. The first-order valence-corrected chi connectivity index (χ1v) is 5.76. The van der Waals surface area contributed by atoms with Crippen LogP contribution in [-0.2, 0) is 18.3 Å². The maximum absolute atomic E-state index is 11.7. The first-order chi connectivity index (χ1) is 8.65. The predicted molar refractivity (Wildman–Crippen MR) is 66.7 cm³/mol. The highest BCUT2D eigenvalue weighted by Gasteiger charge is 2.09. The molecule has 1 aromatic heterocycles. The van der Waals surface area contributed by atoms with Crippen LogP contribution < -0.4 is 4.74 Å². The van der Waals surface area contributed by atoms with Gasteiger partial charge in [0.25, 0.3) is 0 Å². The third-order valence-electron chi connectivity index (χ3n) is 2.36. The number of hydrogen-bond donors (Lipinski definition) is 0. The summed E-state index contributed by atoms with van der Waals surface area (Å²) in [5, 5.41) is 4.47. The average Bonchev–Trinajstić information content (AvgIpc) is 2.73. The summed E-state index contributed by atoms with van der Waals surface area (Å²) in [4.78, 5) is 15.7. The van der Waals surface area contributed by atoms with Gasteiger partial charge in [-0.25, -0.2) is 4.98 Å². The summed E-state index contributed by atoms with van der Waals surface area (Å²) in [7, 11) is 1.74. The summed E-state index contributed by atoms with van der Waals surface area (Å²) in [6.07, 6.45) is 1.62. The van der Waals surface area contributed by atoms with E-state index in [1.54, 1.807) is 36.0 Å². The number of ketones is 1. The predicted octanol–water partition coefficient (Wildman–Crippen LogP) is 1.66. The molecule has 0 radical (unpaired) electrons. The molecule has 0 aliphatic rings. The molecule has 18 heavy (non-hydrogen) atoms. The molecule has 0 aliphatic carbocycles. The van der Waals surface area contributed by atoms with Crippen LogP contribution in [0.2, 0.25) is 5.02 Å². The van der Waals surface area contributed by atoms with Crippen LogP contribution in [0, 0.1) is 0 Å². The molecule has 0 aliphatic heterocycles. The standard InChI is InChI=1S/C12H12ClN3O2/c1-16-12(14-8-15-16)6-10(17)7-18-11-4-2-3-9(13)5-11/h2-5,8H,6-7H2,1H3. The molecule has 2 rings (SSSR count). The normalized spacial score (nSPS) is 10.3. The SMILES string of the molecule is Cn1ncnc1CC(=O)COc1cccc(Cl)c1. The molecular weight excluding hydrogens is 254 g/mol. The van der Waals surface area contributed by atoms with Gasteiger partial charge in [-0.15, -0.1) is 0 Å². The van der Waals surface area contributed by atoms with E-state index in [2.05, 4.69) is 10.1 Å². The van der Waals surface area contributed by atoms with Crippen molar-refractivity contribution in [2.24, 2.45) is 7.05 Å². The van der Waals surface area contributed by atoms with E-state index >= 15 is 0 Å². The number of ether oxygens (including phenoxy) is 1. The van der Waals surface area contributed by atoms with Crippen LogP contribution in [0.25, 0.3) is 0 Å². The van der Waals surface area contributed by atoms with E-state index in [1.807, 2.05) is 0 Å². The number of hydrogen-bond acceptors (Lipinski definition) is 4. The Morgan fingerprint density at radius 3 is 3.00 bits per heavy atom. The first kappa shape index (κ1) is 12.6. The molecule has 0 unspecified atom stereocenters. The van der Waals surface area contributed by atoms with Gasteiger partial charge in [-0.2, -0.15) is 5.10 Å². The Balaban J connectivity index is 1.87. The Kier molecular flexibility index (Phi) is 3.94. The van der Waals surface area contributed by atoms with Crippen LogP contribution in [0.5, 0.6) is 5.75 Å². The number of rotatable bonds is 5. The van der Waals surface area contributed by atoms with Crippen molar-refractivity contribution in [3.05, 3.63) is 41.4 Å². The zero-order chi connectivity index (χ0) is 13.0. The van der Waals surface area contributed by atoms with Gasteiger partial charge in [0.2, 0.25) is 0 Å². The Morgan fingerprint density at radius 1 is 1.50 bits per heavy atom. The van der Waals surface area contributed by atoms with Crippen molar-refractivity contribution in [3.8, 4) is 5.75 Å². The molecule has 94 valence electrons. The van der Waals surface area contributed by atoms with Gasteiger partial charge in [0.1, 0.15) is 24.5 Å². The molecule has 0 atom stereocenters. The molecule has 5 nitrogen and oxygen atoms in total. The minimum atomic E-state index is -0.0638. The van der Waals surface area contributed by atoms with Crippen LogP contribution in [0.4, 0.5) is 0 Å². The van der Waals surface area contributed by atoms with Crippen LogP contribution in [0.1, 0.15) is 5.82 Å². The fraction of sp³-hybridized carbons (Fsp3) is 0.250. The Hall–Kier alpha value is -1.88. The number of nitrogens with zero attached hydrogens (tertiary/aromatic N) is 3. The zero-order valence-electron chi connectivity index (χ0n) is 9.84. The summed E-state index contributed by atoms with van der Waals surface area (Å²) in [6, 6.07) is 6.93. The Morgan fingerprint density at radius 2 is 2.33 bits per heavy atom. The van der Waals surface area contributed by atoms with Crippen molar-refractivity contribution in [3.63, 3.8) is 0 Å². The second-order valence-corrected chi connectivity index (χ2v) is 4.20. The second-order valence-electron chi connectivity index (χ2n) is 3.76. The largest absolute Gasteiger partial charge is 0.486 e. The van der Waals surface area contributed by atoms with Gasteiger partial charge < -0.3 is 4.74 Å². The lowest BCUT2D eigenvalue weighted by molar-refractivity contribution is -0.120. The number of Topliss-reactive ketones (excluding diaryl/α,β-unsaturated/α-hetero) is 1. The van der Waals surface area contributed by atoms with Crippen molar-refractivity contribution < 1.29 is 9.53 Å². The molecule has 0 bridgehead atoms. The highest BCUT2D eigenvalue weighted by atomic mass is 35.5. The van der Waals surface area contributed by atoms with Crippen LogP contribution in [0.3, 0.4) is 0 Å². The monoisotopic (exact) mass is 265 g/mol. The molecule has 6 heteroatoms. The van der Waals surface area contributed by atoms with Crippen molar-refractivity contribution >= 4 is 17.4 Å². The van der Waals surface area contributed by atoms with Crippen molar-refractivity contribution in [1.82, 2.24) is 14.8 Å². The minimum absolute atomic E-state index is 0.00674. The number of aryl methyl sites for hydroxylation is 1.